The molecule has 17 nitrogen and oxygen atoms in total. The number of phosphoric ester groups is 2. The summed E-state index contributed by atoms with van der Waals surface area (Å²) in [5.41, 5.74) is 0. The van der Waals surface area contributed by atoms with Crippen LogP contribution in [0.15, 0.2) is 0 Å². The lowest BCUT2D eigenvalue weighted by Gasteiger charge is -2.21. The monoisotopic (exact) mass is 1380 g/mol. The van der Waals surface area contributed by atoms with Gasteiger partial charge in [0.2, 0.25) is 0 Å². The largest absolute Gasteiger partial charge is 0.472 e. The Morgan fingerprint density at radius 2 is 0.511 bits per heavy atom. The van der Waals surface area contributed by atoms with Gasteiger partial charge < -0.3 is 33.8 Å². The summed E-state index contributed by atoms with van der Waals surface area (Å²) in [4.78, 5) is 72.7. The van der Waals surface area contributed by atoms with E-state index in [0.717, 1.165) is 115 Å². The van der Waals surface area contributed by atoms with Crippen molar-refractivity contribution in [3.8, 4) is 0 Å². The van der Waals surface area contributed by atoms with E-state index in [9.17, 15) is 43.2 Å². The fourth-order valence-corrected chi connectivity index (χ4v) is 12.9. The van der Waals surface area contributed by atoms with Crippen LogP contribution in [0.4, 0.5) is 0 Å². The molecule has 0 heterocycles. The van der Waals surface area contributed by atoms with Gasteiger partial charge in [0.25, 0.3) is 0 Å². The molecule has 94 heavy (non-hydrogen) atoms. The Balaban J connectivity index is 5.16. The van der Waals surface area contributed by atoms with Crippen LogP contribution in [0.2, 0.25) is 0 Å². The molecule has 558 valence electrons. The third-order valence-corrected chi connectivity index (χ3v) is 19.6. The van der Waals surface area contributed by atoms with Crippen LogP contribution in [-0.2, 0) is 65.4 Å². The van der Waals surface area contributed by atoms with Gasteiger partial charge in [0.05, 0.1) is 26.4 Å². The van der Waals surface area contributed by atoms with E-state index in [0.29, 0.717) is 37.5 Å². The first kappa shape index (κ1) is 92.1. The number of ether oxygens (including phenoxy) is 4. The van der Waals surface area contributed by atoms with Crippen molar-refractivity contribution in [3.63, 3.8) is 0 Å². The van der Waals surface area contributed by atoms with Crippen LogP contribution in [0, 0.1) is 23.7 Å². The lowest BCUT2D eigenvalue weighted by molar-refractivity contribution is -0.161. The van der Waals surface area contributed by atoms with Gasteiger partial charge in [-0.15, -0.1) is 0 Å². The number of carbonyl (C=O) groups is 4. The second-order valence-electron chi connectivity index (χ2n) is 28.7. The summed E-state index contributed by atoms with van der Waals surface area (Å²) >= 11 is 0. The van der Waals surface area contributed by atoms with Gasteiger partial charge in [-0.1, -0.05) is 325 Å². The van der Waals surface area contributed by atoms with E-state index in [2.05, 4.69) is 55.4 Å². The molecule has 19 heteroatoms. The predicted molar refractivity (Wildman–Crippen MR) is 381 cm³/mol. The molecule has 0 aliphatic rings. The number of carbonyl (C=O) groups excluding carboxylic acids is 4. The molecule has 0 bridgehead atoms. The fraction of sp³-hybridized carbons (Fsp3) is 0.947. The molecule has 0 fully saturated rings. The van der Waals surface area contributed by atoms with E-state index in [-0.39, 0.29) is 25.7 Å². The highest BCUT2D eigenvalue weighted by Gasteiger charge is 2.30. The number of aliphatic hydroxyl groups is 1. The van der Waals surface area contributed by atoms with Crippen molar-refractivity contribution < 1.29 is 80.2 Å². The molecule has 4 unspecified atom stereocenters. The summed E-state index contributed by atoms with van der Waals surface area (Å²) in [5.74, 6) is 0.881. The number of esters is 4. The summed E-state index contributed by atoms with van der Waals surface area (Å²) in [6.07, 6.45) is 48.9. The number of hydrogen-bond donors (Lipinski definition) is 3. The zero-order chi connectivity index (χ0) is 69.6. The molecule has 3 N–H and O–H groups in total. The number of phosphoric acid groups is 2. The molecule has 0 rings (SSSR count). The van der Waals surface area contributed by atoms with Crippen molar-refractivity contribution >= 4 is 39.5 Å². The smallest absolute Gasteiger partial charge is 0.462 e. The SMILES string of the molecule is CCC(C)CCCCCCCCCCCCC(=O)O[C@H](COC(=O)CCCCCCCCCC(C)C)COP(=O)(O)OCC(O)COP(=O)(O)OC[C@@H](COC(=O)CCCCCCCCC(C)C)OC(=O)CCCCCCCCCCCCCCCCCCCCC(C)C. The first-order valence-electron chi connectivity index (χ1n) is 38.7. The number of unbranched alkanes of at least 4 members (excludes halogenated alkanes) is 37. The second-order valence-corrected chi connectivity index (χ2v) is 31.6. The molecule has 6 atom stereocenters. The normalized spacial score (nSPS) is 14.4. The lowest BCUT2D eigenvalue weighted by Crippen LogP contribution is -2.30. The van der Waals surface area contributed by atoms with Gasteiger partial charge >= 0.3 is 39.5 Å². The molecule has 0 aromatic rings. The van der Waals surface area contributed by atoms with E-state index in [4.69, 9.17) is 37.0 Å². The van der Waals surface area contributed by atoms with Crippen molar-refractivity contribution in [1.82, 2.24) is 0 Å². The molecule has 0 aromatic heterocycles. The third kappa shape index (κ3) is 67.3. The van der Waals surface area contributed by atoms with Gasteiger partial charge in [0, 0.05) is 25.7 Å². The predicted octanol–water partition coefficient (Wildman–Crippen LogP) is 21.7. The number of rotatable bonds is 72. The van der Waals surface area contributed by atoms with Crippen LogP contribution < -0.4 is 0 Å². The maximum absolute atomic E-state index is 13.0. The highest BCUT2D eigenvalue weighted by atomic mass is 31.2. The zero-order valence-corrected chi connectivity index (χ0v) is 63.4. The Morgan fingerprint density at radius 3 is 0.755 bits per heavy atom. The van der Waals surface area contributed by atoms with Crippen molar-refractivity contribution in [2.45, 2.75) is 395 Å². The topological polar surface area (TPSA) is 237 Å². The molecule has 0 radical (unpaired) electrons. The van der Waals surface area contributed by atoms with Gasteiger partial charge in [-0.3, -0.25) is 37.3 Å². The van der Waals surface area contributed by atoms with Crippen molar-refractivity contribution in [3.05, 3.63) is 0 Å². The maximum atomic E-state index is 13.0. The molecule has 0 spiro atoms. The first-order valence-corrected chi connectivity index (χ1v) is 41.7. The summed E-state index contributed by atoms with van der Waals surface area (Å²) < 4.78 is 68.4. The van der Waals surface area contributed by atoms with Crippen LogP contribution in [0.5, 0.6) is 0 Å². The molecular weight excluding hydrogens is 1230 g/mol. The van der Waals surface area contributed by atoms with Crippen LogP contribution in [-0.4, -0.2) is 96.7 Å². The molecule has 0 aliphatic carbocycles. The summed E-state index contributed by atoms with van der Waals surface area (Å²) in [7, 11) is -9.91. The Labute approximate surface area is 575 Å². The fourth-order valence-electron chi connectivity index (χ4n) is 11.3. The minimum Gasteiger partial charge on any atom is -0.462 e. The van der Waals surface area contributed by atoms with Crippen molar-refractivity contribution in [2.75, 3.05) is 39.6 Å². The Hall–Kier alpha value is -1.94. The Kier molecular flexibility index (Phi) is 63.1. The average molecular weight is 1380 g/mol. The van der Waals surface area contributed by atoms with E-state index in [1.807, 2.05) is 0 Å². The lowest BCUT2D eigenvalue weighted by atomic mass is 9.99. The zero-order valence-electron chi connectivity index (χ0n) is 61.6. The molecular formula is C75H146O17P2. The quantitative estimate of drug-likeness (QED) is 0.0222. The Bertz CT molecular complexity index is 1850. The minimum atomic E-state index is -4.95. The van der Waals surface area contributed by atoms with Gasteiger partial charge in [-0.05, 0) is 49.4 Å². The van der Waals surface area contributed by atoms with Gasteiger partial charge in [0.15, 0.2) is 12.2 Å². The molecule has 0 amide bonds. The average Bonchev–Trinajstić information content (AvgIpc) is 3.27. The summed E-state index contributed by atoms with van der Waals surface area (Å²) in [5, 5.41) is 10.6. The molecule has 0 aliphatic heterocycles. The van der Waals surface area contributed by atoms with E-state index in [1.165, 1.54) is 167 Å². The Morgan fingerprint density at radius 1 is 0.298 bits per heavy atom. The second kappa shape index (κ2) is 64.4. The summed E-state index contributed by atoms with van der Waals surface area (Å²) in [6, 6.07) is 0. The number of aliphatic hydroxyl groups excluding tert-OH is 1. The van der Waals surface area contributed by atoms with Gasteiger partial charge in [-0.25, -0.2) is 9.13 Å². The number of hydrogen-bond acceptors (Lipinski definition) is 15. The van der Waals surface area contributed by atoms with Crippen LogP contribution in [0.25, 0.3) is 0 Å². The highest BCUT2D eigenvalue weighted by molar-refractivity contribution is 7.47. The first-order chi connectivity index (χ1) is 45.1. The van der Waals surface area contributed by atoms with Crippen LogP contribution in [0.3, 0.4) is 0 Å². The molecule has 0 saturated heterocycles. The van der Waals surface area contributed by atoms with E-state index >= 15 is 0 Å². The van der Waals surface area contributed by atoms with Crippen molar-refractivity contribution in [1.29, 1.82) is 0 Å². The van der Waals surface area contributed by atoms with E-state index < -0.39 is 97.5 Å². The van der Waals surface area contributed by atoms with Gasteiger partial charge in [-0.2, -0.15) is 0 Å². The van der Waals surface area contributed by atoms with E-state index in [1.54, 1.807) is 0 Å². The minimum absolute atomic E-state index is 0.105. The summed E-state index contributed by atoms with van der Waals surface area (Å²) in [6.45, 7) is 14.1. The van der Waals surface area contributed by atoms with Gasteiger partial charge in [0.1, 0.15) is 19.3 Å². The molecule has 0 aromatic carbocycles. The third-order valence-electron chi connectivity index (χ3n) is 17.7. The van der Waals surface area contributed by atoms with Crippen molar-refractivity contribution in [2.24, 2.45) is 23.7 Å². The highest BCUT2D eigenvalue weighted by Crippen LogP contribution is 2.45. The standard InChI is InChI=1S/C75H146O17P2/c1-9-68(8)54-46-38-29-23-20-21-25-31-42-50-58-75(80)91-70(61-85-72(77)55-47-39-32-26-28-36-44-52-66(4)5)63-89-93(81,82)87-59-69(76)60-88-94(83,84)90-64-71(62-86-73(78)56-48-40-34-33-37-45-53-67(6)7)92-74(79)57-49-41-30-24-19-17-15-13-11-10-12-14-16-18-22-27-35-43-51-65(2)3/h65-71,76H,9-64H2,1-8H3,(H,81,82)(H,83,84)/t68?,69?,70-,71-/m1/s1. The van der Waals surface area contributed by atoms with Crippen LogP contribution >= 0.6 is 15.6 Å². The maximum Gasteiger partial charge on any atom is 0.472 e. The molecule has 0 saturated carbocycles. The van der Waals surface area contributed by atoms with Crippen LogP contribution in [0.1, 0.15) is 376 Å².